The van der Waals surface area contributed by atoms with Gasteiger partial charge in [-0.25, -0.2) is 0 Å². The standard InChI is InChI=1S/C7H10N2O2/c1-4-5(2)7(11)9(3-8)6(4)10/h3,8H2,1-2H3. The van der Waals surface area contributed by atoms with E-state index in [-0.39, 0.29) is 18.5 Å². The molecule has 11 heavy (non-hydrogen) atoms. The second-order valence-electron chi connectivity index (χ2n) is 2.47. The molecule has 0 aromatic carbocycles. The third-order valence-corrected chi connectivity index (χ3v) is 1.88. The molecule has 0 fully saturated rings. The van der Waals surface area contributed by atoms with Gasteiger partial charge in [-0.05, 0) is 13.8 Å². The first-order valence-electron chi connectivity index (χ1n) is 3.33. The maximum absolute atomic E-state index is 11.1. The summed E-state index contributed by atoms with van der Waals surface area (Å²) in [7, 11) is 0. The Bertz CT molecular complexity index is 231. The predicted octanol–water partition coefficient (Wildman–Crippen LogP) is -0.392. The molecule has 1 rings (SSSR count). The average molecular weight is 154 g/mol. The highest BCUT2D eigenvalue weighted by atomic mass is 16.2. The number of carbonyl (C=O) groups excluding carboxylic acids is 2. The zero-order valence-corrected chi connectivity index (χ0v) is 6.55. The van der Waals surface area contributed by atoms with Crippen molar-refractivity contribution < 1.29 is 9.59 Å². The van der Waals surface area contributed by atoms with Crippen molar-refractivity contribution in [1.29, 1.82) is 0 Å². The van der Waals surface area contributed by atoms with Gasteiger partial charge in [0, 0.05) is 11.1 Å². The number of imide groups is 1. The highest BCUT2D eigenvalue weighted by molar-refractivity contribution is 6.18. The smallest absolute Gasteiger partial charge is 0.257 e. The Kier molecular flexibility index (Phi) is 1.78. The van der Waals surface area contributed by atoms with Gasteiger partial charge < -0.3 is 5.73 Å². The van der Waals surface area contributed by atoms with Crippen LogP contribution in [0, 0.1) is 0 Å². The van der Waals surface area contributed by atoms with Crippen molar-refractivity contribution in [3.63, 3.8) is 0 Å². The van der Waals surface area contributed by atoms with Gasteiger partial charge >= 0.3 is 0 Å². The van der Waals surface area contributed by atoms with Crippen molar-refractivity contribution >= 4 is 11.8 Å². The first-order chi connectivity index (χ1) is 5.09. The predicted molar refractivity (Wildman–Crippen MR) is 39.3 cm³/mol. The van der Waals surface area contributed by atoms with Gasteiger partial charge in [0.2, 0.25) is 0 Å². The first kappa shape index (κ1) is 7.94. The summed E-state index contributed by atoms with van der Waals surface area (Å²) in [6.45, 7) is 3.22. The van der Waals surface area contributed by atoms with E-state index in [2.05, 4.69) is 0 Å². The summed E-state index contributed by atoms with van der Waals surface area (Å²) < 4.78 is 0. The SMILES string of the molecule is CC1=C(C)C(=O)N(CN)C1=O. The van der Waals surface area contributed by atoms with Crippen LogP contribution < -0.4 is 5.73 Å². The van der Waals surface area contributed by atoms with E-state index < -0.39 is 0 Å². The molecule has 4 heteroatoms. The van der Waals surface area contributed by atoms with Crippen molar-refractivity contribution in [3.8, 4) is 0 Å². The Morgan fingerprint density at radius 2 is 1.55 bits per heavy atom. The van der Waals surface area contributed by atoms with Crippen molar-refractivity contribution in [2.75, 3.05) is 6.67 Å². The lowest BCUT2D eigenvalue weighted by Gasteiger charge is -2.09. The molecule has 1 aliphatic heterocycles. The van der Waals surface area contributed by atoms with Crippen molar-refractivity contribution in [2.24, 2.45) is 5.73 Å². The Morgan fingerprint density at radius 1 is 1.18 bits per heavy atom. The maximum atomic E-state index is 11.1. The summed E-state index contributed by atoms with van der Waals surface area (Å²) in [4.78, 5) is 23.3. The Morgan fingerprint density at radius 3 is 1.73 bits per heavy atom. The summed E-state index contributed by atoms with van der Waals surface area (Å²) >= 11 is 0. The Hall–Kier alpha value is -1.16. The molecule has 0 radical (unpaired) electrons. The second kappa shape index (κ2) is 2.47. The van der Waals surface area contributed by atoms with E-state index >= 15 is 0 Å². The van der Waals surface area contributed by atoms with E-state index in [1.807, 2.05) is 0 Å². The lowest BCUT2D eigenvalue weighted by molar-refractivity contribution is -0.137. The van der Waals surface area contributed by atoms with Crippen LogP contribution in [0.15, 0.2) is 11.1 Å². The van der Waals surface area contributed by atoms with E-state index in [0.29, 0.717) is 11.1 Å². The van der Waals surface area contributed by atoms with Crippen LogP contribution in [0.25, 0.3) is 0 Å². The van der Waals surface area contributed by atoms with Crippen LogP contribution in [0.1, 0.15) is 13.8 Å². The number of rotatable bonds is 1. The molecule has 1 heterocycles. The molecule has 0 saturated carbocycles. The van der Waals surface area contributed by atoms with Crippen LogP contribution in [-0.4, -0.2) is 23.4 Å². The third-order valence-electron chi connectivity index (χ3n) is 1.88. The molecular weight excluding hydrogens is 144 g/mol. The van der Waals surface area contributed by atoms with Crippen molar-refractivity contribution in [3.05, 3.63) is 11.1 Å². The van der Waals surface area contributed by atoms with Gasteiger partial charge in [-0.3, -0.25) is 14.5 Å². The second-order valence-corrected chi connectivity index (χ2v) is 2.47. The Labute approximate surface area is 64.7 Å². The molecule has 0 aromatic heterocycles. The Balaban J connectivity index is 3.02. The number of nitrogens with two attached hydrogens (primary N) is 1. The van der Waals surface area contributed by atoms with Gasteiger partial charge in [-0.15, -0.1) is 0 Å². The summed E-state index contributed by atoms with van der Waals surface area (Å²) in [6.07, 6.45) is 0. The number of hydrogen-bond donors (Lipinski definition) is 1. The maximum Gasteiger partial charge on any atom is 0.257 e. The lowest BCUT2D eigenvalue weighted by Crippen LogP contribution is -2.36. The van der Waals surface area contributed by atoms with Crippen LogP contribution in [0.3, 0.4) is 0 Å². The van der Waals surface area contributed by atoms with E-state index in [1.165, 1.54) is 0 Å². The fraction of sp³-hybridized carbons (Fsp3) is 0.429. The molecule has 0 aliphatic carbocycles. The zero-order chi connectivity index (χ0) is 8.59. The lowest BCUT2D eigenvalue weighted by atomic mass is 10.2. The fourth-order valence-corrected chi connectivity index (χ4v) is 0.984. The highest BCUT2D eigenvalue weighted by Gasteiger charge is 2.31. The summed E-state index contributed by atoms with van der Waals surface area (Å²) in [5.41, 5.74) is 6.20. The molecule has 60 valence electrons. The third kappa shape index (κ3) is 0.952. The van der Waals surface area contributed by atoms with Gasteiger partial charge in [0.25, 0.3) is 11.8 Å². The first-order valence-corrected chi connectivity index (χ1v) is 3.33. The molecular formula is C7H10N2O2. The van der Waals surface area contributed by atoms with Crippen LogP contribution in [0.2, 0.25) is 0 Å². The van der Waals surface area contributed by atoms with Crippen LogP contribution >= 0.6 is 0 Å². The average Bonchev–Trinajstić information content (AvgIpc) is 2.17. The molecule has 0 atom stereocenters. The molecule has 4 nitrogen and oxygen atoms in total. The normalized spacial score (nSPS) is 18.6. The number of amides is 2. The molecule has 0 aromatic rings. The van der Waals surface area contributed by atoms with E-state index in [0.717, 1.165) is 4.90 Å². The summed E-state index contributed by atoms with van der Waals surface area (Å²) in [5.74, 6) is -0.537. The monoisotopic (exact) mass is 154 g/mol. The summed E-state index contributed by atoms with van der Waals surface area (Å²) in [5, 5.41) is 0. The summed E-state index contributed by atoms with van der Waals surface area (Å²) in [6, 6.07) is 0. The van der Waals surface area contributed by atoms with E-state index in [9.17, 15) is 9.59 Å². The molecule has 0 bridgehead atoms. The van der Waals surface area contributed by atoms with E-state index in [1.54, 1.807) is 13.8 Å². The number of nitrogens with zero attached hydrogens (tertiary/aromatic N) is 1. The quantitative estimate of drug-likeness (QED) is 0.523. The molecule has 0 saturated heterocycles. The minimum atomic E-state index is -0.269. The molecule has 1 aliphatic rings. The van der Waals surface area contributed by atoms with Crippen LogP contribution in [0.5, 0.6) is 0 Å². The van der Waals surface area contributed by atoms with Crippen LogP contribution in [-0.2, 0) is 9.59 Å². The zero-order valence-electron chi connectivity index (χ0n) is 6.55. The van der Waals surface area contributed by atoms with Gasteiger partial charge in [0.05, 0.1) is 6.67 Å². The van der Waals surface area contributed by atoms with Gasteiger partial charge in [-0.1, -0.05) is 0 Å². The minimum Gasteiger partial charge on any atom is -0.313 e. The van der Waals surface area contributed by atoms with Gasteiger partial charge in [0.15, 0.2) is 0 Å². The number of carbonyl (C=O) groups is 2. The van der Waals surface area contributed by atoms with Crippen molar-refractivity contribution in [2.45, 2.75) is 13.8 Å². The van der Waals surface area contributed by atoms with Gasteiger partial charge in [0.1, 0.15) is 0 Å². The van der Waals surface area contributed by atoms with Crippen molar-refractivity contribution in [1.82, 2.24) is 4.90 Å². The minimum absolute atomic E-state index is 0.0354. The fourth-order valence-electron chi connectivity index (χ4n) is 0.984. The topological polar surface area (TPSA) is 63.4 Å². The molecule has 2 amide bonds. The number of hydrogen-bond acceptors (Lipinski definition) is 3. The highest BCUT2D eigenvalue weighted by Crippen LogP contribution is 2.17. The largest absolute Gasteiger partial charge is 0.313 e. The van der Waals surface area contributed by atoms with E-state index in [4.69, 9.17) is 5.73 Å². The van der Waals surface area contributed by atoms with Gasteiger partial charge in [-0.2, -0.15) is 0 Å². The molecule has 0 unspecified atom stereocenters. The molecule has 0 spiro atoms. The van der Waals surface area contributed by atoms with Crippen LogP contribution in [0.4, 0.5) is 0 Å². The molecule has 2 N–H and O–H groups in total.